The van der Waals surface area contributed by atoms with E-state index in [1.807, 2.05) is 54.6 Å². The zero-order valence-electron chi connectivity index (χ0n) is 20.7. The molecule has 194 valence electrons. The van der Waals surface area contributed by atoms with Crippen molar-refractivity contribution in [1.82, 2.24) is 4.90 Å². The Labute approximate surface area is 222 Å². The van der Waals surface area contributed by atoms with Crippen LogP contribution in [0.15, 0.2) is 72.8 Å². The van der Waals surface area contributed by atoms with Crippen molar-refractivity contribution in [3.8, 4) is 34.1 Å². The molecule has 0 radical (unpaired) electrons. The van der Waals surface area contributed by atoms with Gasteiger partial charge in [0.05, 0.1) is 7.11 Å². The third-order valence-corrected chi connectivity index (χ3v) is 6.52. The van der Waals surface area contributed by atoms with E-state index in [1.165, 1.54) is 31.4 Å². The summed E-state index contributed by atoms with van der Waals surface area (Å²) in [6.45, 7) is 3.85. The highest BCUT2D eigenvalue weighted by atomic mass is 35.5. The van der Waals surface area contributed by atoms with Gasteiger partial charge >= 0.3 is 0 Å². The first kappa shape index (κ1) is 26.7. The van der Waals surface area contributed by atoms with Crippen molar-refractivity contribution in [2.75, 3.05) is 33.4 Å². The number of nitrogens with zero attached hydrogens (tertiary/aromatic N) is 1. The zero-order valence-corrected chi connectivity index (χ0v) is 21.5. The fraction of sp³-hybridized carbons (Fsp3) is 0.267. The van der Waals surface area contributed by atoms with Gasteiger partial charge in [-0.15, -0.1) is 12.4 Å². The molecule has 0 N–H and O–H groups in total. The normalized spacial score (nSPS) is 13.7. The number of hydrogen-bond donors (Lipinski definition) is 0. The van der Waals surface area contributed by atoms with Crippen molar-refractivity contribution in [2.24, 2.45) is 0 Å². The molecule has 0 bridgehead atoms. The lowest BCUT2D eigenvalue weighted by Gasteiger charge is -2.26. The predicted molar refractivity (Wildman–Crippen MR) is 145 cm³/mol. The number of likely N-dealkylation sites (tertiary alicyclic amines) is 1. The predicted octanol–water partition coefficient (Wildman–Crippen LogP) is 7.87. The minimum absolute atomic E-state index is 0. The Bertz CT molecular complexity index is 1320. The smallest absolute Gasteiger partial charge is 0.143 e. The molecule has 4 aromatic carbocycles. The van der Waals surface area contributed by atoms with Crippen LogP contribution in [0.25, 0.3) is 21.9 Å². The highest BCUT2D eigenvalue weighted by Crippen LogP contribution is 2.41. The summed E-state index contributed by atoms with van der Waals surface area (Å²) in [5.41, 5.74) is 0.991. The van der Waals surface area contributed by atoms with Crippen LogP contribution in [0.2, 0.25) is 0 Å². The SMILES string of the molecule is COc1ccc2c(Oc3ccc(OCCN4CCCCC4)cc3)c(-c3cc(F)cc(F)c3)ccc2c1.Cl. The van der Waals surface area contributed by atoms with E-state index in [1.54, 1.807) is 7.11 Å². The topological polar surface area (TPSA) is 30.9 Å². The Kier molecular flexibility index (Phi) is 8.85. The minimum atomic E-state index is -0.642. The highest BCUT2D eigenvalue weighted by molar-refractivity contribution is 5.96. The average molecular weight is 526 g/mol. The largest absolute Gasteiger partial charge is 0.497 e. The van der Waals surface area contributed by atoms with Crippen LogP contribution in [0.4, 0.5) is 8.78 Å². The standard InChI is InChI=1S/C30H29F2NO3.ClH/c1-34-27-10-12-28-21(19-27)5-11-29(22-17-23(31)20-24(32)18-22)30(28)36-26-8-6-25(7-9-26)35-16-15-33-13-3-2-4-14-33;/h5-12,17-20H,2-4,13-16H2,1H3;1H. The van der Waals surface area contributed by atoms with Gasteiger partial charge in [0.25, 0.3) is 0 Å². The third kappa shape index (κ3) is 6.51. The van der Waals surface area contributed by atoms with Crippen LogP contribution < -0.4 is 14.2 Å². The van der Waals surface area contributed by atoms with Gasteiger partial charge in [-0.2, -0.15) is 0 Å². The first-order chi connectivity index (χ1) is 17.6. The fourth-order valence-electron chi connectivity index (χ4n) is 4.65. The maximum Gasteiger partial charge on any atom is 0.143 e. The van der Waals surface area contributed by atoms with Gasteiger partial charge in [-0.05, 0) is 97.5 Å². The van der Waals surface area contributed by atoms with E-state index in [9.17, 15) is 8.78 Å². The van der Waals surface area contributed by atoms with Crippen molar-refractivity contribution in [3.05, 3.63) is 84.4 Å². The van der Waals surface area contributed by atoms with Gasteiger partial charge < -0.3 is 14.2 Å². The van der Waals surface area contributed by atoms with E-state index < -0.39 is 11.6 Å². The van der Waals surface area contributed by atoms with Gasteiger partial charge in [0.15, 0.2) is 0 Å². The summed E-state index contributed by atoms with van der Waals surface area (Å²) in [6, 6.07) is 20.2. The molecule has 4 nitrogen and oxygen atoms in total. The molecule has 1 aliphatic heterocycles. The summed E-state index contributed by atoms with van der Waals surface area (Å²) in [5, 5.41) is 1.70. The second kappa shape index (κ2) is 12.3. The molecule has 1 heterocycles. The average Bonchev–Trinajstić information content (AvgIpc) is 2.89. The summed E-state index contributed by atoms with van der Waals surface area (Å²) >= 11 is 0. The van der Waals surface area contributed by atoms with Crippen molar-refractivity contribution in [2.45, 2.75) is 19.3 Å². The van der Waals surface area contributed by atoms with Crippen LogP contribution >= 0.6 is 12.4 Å². The molecule has 5 rings (SSSR count). The summed E-state index contributed by atoms with van der Waals surface area (Å²) in [4.78, 5) is 2.44. The number of benzene rings is 4. The summed E-state index contributed by atoms with van der Waals surface area (Å²) in [6.07, 6.45) is 3.84. The molecule has 1 saturated heterocycles. The van der Waals surface area contributed by atoms with E-state index in [-0.39, 0.29) is 12.4 Å². The van der Waals surface area contributed by atoms with Crippen LogP contribution in [0.3, 0.4) is 0 Å². The van der Waals surface area contributed by atoms with Crippen molar-refractivity contribution in [3.63, 3.8) is 0 Å². The fourth-order valence-corrected chi connectivity index (χ4v) is 4.65. The number of fused-ring (bicyclic) bond motifs is 1. The van der Waals surface area contributed by atoms with Gasteiger partial charge in [0.1, 0.15) is 41.2 Å². The first-order valence-electron chi connectivity index (χ1n) is 12.3. The molecule has 37 heavy (non-hydrogen) atoms. The molecular formula is C30H30ClF2NO3. The molecular weight excluding hydrogens is 496 g/mol. The van der Waals surface area contributed by atoms with E-state index in [2.05, 4.69) is 4.90 Å². The monoisotopic (exact) mass is 525 g/mol. The van der Waals surface area contributed by atoms with Crippen molar-refractivity contribution < 1.29 is 23.0 Å². The van der Waals surface area contributed by atoms with E-state index in [0.717, 1.165) is 42.2 Å². The molecule has 7 heteroatoms. The third-order valence-electron chi connectivity index (χ3n) is 6.52. The lowest BCUT2D eigenvalue weighted by Crippen LogP contribution is -2.33. The maximum absolute atomic E-state index is 14.0. The Balaban J connectivity index is 0.00000320. The Hall–Kier alpha value is -3.35. The first-order valence-corrected chi connectivity index (χ1v) is 12.3. The summed E-state index contributed by atoms with van der Waals surface area (Å²) in [7, 11) is 1.61. The molecule has 0 atom stereocenters. The molecule has 1 fully saturated rings. The van der Waals surface area contributed by atoms with Gasteiger partial charge in [-0.25, -0.2) is 8.78 Å². The molecule has 0 saturated carbocycles. The van der Waals surface area contributed by atoms with Gasteiger partial charge in [-0.1, -0.05) is 12.5 Å². The van der Waals surface area contributed by atoms with Gasteiger partial charge in [0.2, 0.25) is 0 Å². The molecule has 4 aromatic rings. The lowest BCUT2D eigenvalue weighted by molar-refractivity contribution is 0.183. The van der Waals surface area contributed by atoms with E-state index >= 15 is 0 Å². The molecule has 0 aromatic heterocycles. The summed E-state index contributed by atoms with van der Waals surface area (Å²) in [5.74, 6) is 1.31. The number of hydrogen-bond acceptors (Lipinski definition) is 4. The molecule has 0 unspecified atom stereocenters. The molecule has 1 aliphatic rings. The van der Waals surface area contributed by atoms with Crippen LogP contribution in [-0.2, 0) is 0 Å². The number of ether oxygens (including phenoxy) is 3. The van der Waals surface area contributed by atoms with Gasteiger partial charge in [-0.3, -0.25) is 4.90 Å². The Morgan fingerprint density at radius 3 is 2.14 bits per heavy atom. The van der Waals surface area contributed by atoms with Crippen molar-refractivity contribution >= 4 is 23.2 Å². The van der Waals surface area contributed by atoms with E-state index in [0.29, 0.717) is 35.0 Å². The maximum atomic E-state index is 14.0. The minimum Gasteiger partial charge on any atom is -0.497 e. The van der Waals surface area contributed by atoms with Gasteiger partial charge in [0, 0.05) is 23.6 Å². The molecule has 0 amide bonds. The molecule has 0 spiro atoms. The van der Waals surface area contributed by atoms with Crippen LogP contribution in [0.1, 0.15) is 19.3 Å². The molecule has 0 aliphatic carbocycles. The quantitative estimate of drug-likeness (QED) is 0.234. The lowest BCUT2D eigenvalue weighted by atomic mass is 9.99. The van der Waals surface area contributed by atoms with E-state index in [4.69, 9.17) is 14.2 Å². The Morgan fingerprint density at radius 2 is 1.43 bits per heavy atom. The second-order valence-electron chi connectivity index (χ2n) is 9.01. The number of halogens is 3. The highest BCUT2D eigenvalue weighted by Gasteiger charge is 2.15. The van der Waals surface area contributed by atoms with Crippen LogP contribution in [-0.4, -0.2) is 38.3 Å². The second-order valence-corrected chi connectivity index (χ2v) is 9.01. The van der Waals surface area contributed by atoms with Crippen LogP contribution in [0, 0.1) is 11.6 Å². The zero-order chi connectivity index (χ0) is 24.9. The number of rotatable bonds is 8. The Morgan fingerprint density at radius 1 is 0.757 bits per heavy atom. The number of methoxy groups -OCH3 is 1. The van der Waals surface area contributed by atoms with Crippen LogP contribution in [0.5, 0.6) is 23.0 Å². The summed E-state index contributed by atoms with van der Waals surface area (Å²) < 4.78 is 45.7. The van der Waals surface area contributed by atoms with Crippen molar-refractivity contribution in [1.29, 1.82) is 0 Å². The number of piperidine rings is 1.